The molecule has 1 heterocycles. The predicted molar refractivity (Wildman–Crippen MR) is 140 cm³/mol. The minimum atomic E-state index is -0.737. The minimum Gasteiger partial charge on any atom is -0.497 e. The molecule has 0 radical (unpaired) electrons. The Hall–Kier alpha value is -4.20. The van der Waals surface area contributed by atoms with Crippen LogP contribution in [0.3, 0.4) is 0 Å². The van der Waals surface area contributed by atoms with Crippen molar-refractivity contribution in [2.75, 3.05) is 19.5 Å². The average Bonchev–Trinajstić information content (AvgIpc) is 2.86. The maximum atomic E-state index is 13.9. The van der Waals surface area contributed by atoms with E-state index in [4.69, 9.17) is 14.2 Å². The number of methoxy groups -OCH3 is 2. The second-order valence-electron chi connectivity index (χ2n) is 9.57. The van der Waals surface area contributed by atoms with Gasteiger partial charge in [-0.05, 0) is 51.5 Å². The van der Waals surface area contributed by atoms with Gasteiger partial charge in [-0.1, -0.05) is 42.0 Å². The third kappa shape index (κ3) is 7.39. The quantitative estimate of drug-likeness (QED) is 0.308. The van der Waals surface area contributed by atoms with Gasteiger partial charge in [0.1, 0.15) is 17.0 Å². The average molecular weight is 505 g/mol. The van der Waals surface area contributed by atoms with Crippen LogP contribution < -0.4 is 10.1 Å². The van der Waals surface area contributed by atoms with Crippen molar-refractivity contribution < 1.29 is 28.6 Å². The van der Waals surface area contributed by atoms with E-state index in [2.05, 4.69) is 10.3 Å². The van der Waals surface area contributed by atoms with Gasteiger partial charge in [0.2, 0.25) is 0 Å². The second kappa shape index (κ2) is 11.7. The molecule has 0 saturated heterocycles. The van der Waals surface area contributed by atoms with Crippen molar-refractivity contribution in [1.29, 1.82) is 0 Å². The summed E-state index contributed by atoms with van der Waals surface area (Å²) in [5, 5.41) is 2.77. The Balaban J connectivity index is 2.09. The van der Waals surface area contributed by atoms with Crippen LogP contribution in [0.25, 0.3) is 0 Å². The fourth-order valence-electron chi connectivity index (χ4n) is 3.77. The van der Waals surface area contributed by atoms with Crippen LogP contribution in [0.5, 0.6) is 5.75 Å². The Morgan fingerprint density at radius 1 is 0.973 bits per heavy atom. The van der Waals surface area contributed by atoms with E-state index >= 15 is 0 Å². The maximum absolute atomic E-state index is 13.9. The summed E-state index contributed by atoms with van der Waals surface area (Å²) in [6, 6.07) is 17.4. The summed E-state index contributed by atoms with van der Waals surface area (Å²) < 4.78 is 15.6. The lowest BCUT2D eigenvalue weighted by Gasteiger charge is -2.23. The fourth-order valence-corrected chi connectivity index (χ4v) is 3.77. The third-order valence-corrected chi connectivity index (χ3v) is 5.54. The number of pyridine rings is 1. The number of aromatic nitrogens is 1. The number of esters is 1. The molecule has 1 atom stereocenters. The lowest BCUT2D eigenvalue weighted by molar-refractivity contribution is 0.0591. The molecule has 0 spiro atoms. The smallest absolute Gasteiger partial charge is 0.412 e. The summed E-state index contributed by atoms with van der Waals surface area (Å²) in [6.07, 6.45) is -0.485. The van der Waals surface area contributed by atoms with Gasteiger partial charge in [-0.3, -0.25) is 10.1 Å². The Morgan fingerprint density at radius 2 is 1.68 bits per heavy atom. The molecule has 0 bridgehead atoms. The molecule has 0 saturated carbocycles. The summed E-state index contributed by atoms with van der Waals surface area (Å²) in [5.74, 6) is -0.969. The Labute approximate surface area is 217 Å². The van der Waals surface area contributed by atoms with Crippen molar-refractivity contribution >= 4 is 23.5 Å². The van der Waals surface area contributed by atoms with E-state index in [0.29, 0.717) is 28.3 Å². The highest BCUT2D eigenvalue weighted by molar-refractivity contribution is 6.02. The van der Waals surface area contributed by atoms with E-state index in [0.717, 1.165) is 5.56 Å². The molecule has 1 unspecified atom stereocenters. The van der Waals surface area contributed by atoms with Crippen LogP contribution in [0.1, 0.15) is 64.4 Å². The number of Topliss-reactive ketones (excluding diaryl/α,β-unsaturated/α-hetero) is 1. The molecule has 3 rings (SSSR count). The first-order valence-corrected chi connectivity index (χ1v) is 11.8. The molecule has 0 aliphatic heterocycles. The zero-order valence-electron chi connectivity index (χ0n) is 22.0. The van der Waals surface area contributed by atoms with Crippen LogP contribution in [0, 0.1) is 6.92 Å². The summed E-state index contributed by atoms with van der Waals surface area (Å²) in [6.45, 7) is 7.24. The monoisotopic (exact) mass is 504 g/mol. The Bertz CT molecular complexity index is 1280. The molecule has 1 aromatic heterocycles. The van der Waals surface area contributed by atoms with Gasteiger partial charge in [-0.25, -0.2) is 14.6 Å². The van der Waals surface area contributed by atoms with Crippen LogP contribution in [-0.4, -0.2) is 42.7 Å². The molecule has 8 heteroatoms. The third-order valence-electron chi connectivity index (χ3n) is 5.54. The van der Waals surface area contributed by atoms with E-state index in [9.17, 15) is 14.4 Å². The second-order valence-corrected chi connectivity index (χ2v) is 9.57. The highest BCUT2D eigenvalue weighted by atomic mass is 16.6. The molecule has 2 aromatic carbocycles. The molecular weight excluding hydrogens is 472 g/mol. The van der Waals surface area contributed by atoms with Crippen molar-refractivity contribution in [3.63, 3.8) is 0 Å². The number of aryl methyl sites for hydroxylation is 1. The van der Waals surface area contributed by atoms with Gasteiger partial charge < -0.3 is 14.2 Å². The number of benzene rings is 2. The number of ketones is 1. The van der Waals surface area contributed by atoms with Gasteiger partial charge in [-0.15, -0.1) is 0 Å². The lowest BCUT2D eigenvalue weighted by Crippen LogP contribution is -2.28. The highest BCUT2D eigenvalue weighted by Gasteiger charge is 2.28. The minimum absolute atomic E-state index is 0.142. The van der Waals surface area contributed by atoms with E-state index in [-0.39, 0.29) is 17.9 Å². The number of nitrogens with zero attached hydrogens (tertiary/aromatic N) is 1. The first kappa shape index (κ1) is 27.4. The van der Waals surface area contributed by atoms with Crippen LogP contribution in [0.2, 0.25) is 0 Å². The molecule has 3 aromatic rings. The van der Waals surface area contributed by atoms with Gasteiger partial charge in [0.25, 0.3) is 0 Å². The number of carbonyl (C=O) groups excluding carboxylic acids is 3. The number of amides is 1. The highest BCUT2D eigenvalue weighted by Crippen LogP contribution is 2.34. The predicted octanol–water partition coefficient (Wildman–Crippen LogP) is 5.74. The van der Waals surface area contributed by atoms with Crippen LogP contribution in [-0.2, 0) is 15.9 Å². The van der Waals surface area contributed by atoms with Gasteiger partial charge in [-0.2, -0.15) is 0 Å². The molecule has 0 aliphatic carbocycles. The number of carbonyl (C=O) groups is 3. The maximum Gasteiger partial charge on any atom is 0.412 e. The lowest BCUT2D eigenvalue weighted by atomic mass is 9.85. The molecule has 194 valence electrons. The van der Waals surface area contributed by atoms with E-state index < -0.39 is 23.6 Å². The zero-order chi connectivity index (χ0) is 27.2. The topological polar surface area (TPSA) is 104 Å². The molecule has 1 amide bonds. The Kier molecular flexibility index (Phi) is 8.65. The Morgan fingerprint density at radius 3 is 2.30 bits per heavy atom. The van der Waals surface area contributed by atoms with Crippen LogP contribution in [0.15, 0.2) is 60.7 Å². The number of ether oxygens (including phenoxy) is 3. The number of rotatable bonds is 8. The number of hydrogen-bond donors (Lipinski definition) is 1. The SMILES string of the molecule is COC(=O)c1cccc(CC(C(=O)c2ccc(C)cc2)c2ccc(OC)cc2NC(=O)OC(C)(C)C)n1. The van der Waals surface area contributed by atoms with Gasteiger partial charge in [0.05, 0.1) is 25.8 Å². The summed E-state index contributed by atoms with van der Waals surface area (Å²) in [4.78, 5) is 43.0. The number of anilines is 1. The van der Waals surface area contributed by atoms with Crippen molar-refractivity contribution in [2.24, 2.45) is 0 Å². The molecule has 1 N–H and O–H groups in total. The first-order valence-electron chi connectivity index (χ1n) is 11.8. The fraction of sp³-hybridized carbons (Fsp3) is 0.310. The van der Waals surface area contributed by atoms with Crippen molar-refractivity contribution in [3.05, 3.63) is 88.7 Å². The molecule has 0 fully saturated rings. The van der Waals surface area contributed by atoms with E-state index in [1.807, 2.05) is 19.1 Å². The van der Waals surface area contributed by atoms with Crippen molar-refractivity contribution in [1.82, 2.24) is 4.98 Å². The summed E-state index contributed by atoms with van der Waals surface area (Å²) >= 11 is 0. The van der Waals surface area contributed by atoms with Crippen molar-refractivity contribution in [3.8, 4) is 5.75 Å². The zero-order valence-corrected chi connectivity index (χ0v) is 22.0. The molecule has 37 heavy (non-hydrogen) atoms. The summed E-state index contributed by atoms with van der Waals surface area (Å²) in [7, 11) is 2.80. The molecular formula is C29H32N2O6. The molecule has 8 nitrogen and oxygen atoms in total. The van der Waals surface area contributed by atoms with Crippen molar-refractivity contribution in [2.45, 2.75) is 45.6 Å². The number of nitrogens with one attached hydrogen (secondary N) is 1. The van der Waals surface area contributed by atoms with E-state index in [1.54, 1.807) is 69.3 Å². The first-order chi connectivity index (χ1) is 17.5. The van der Waals surface area contributed by atoms with Gasteiger partial charge in [0, 0.05) is 23.7 Å². The van der Waals surface area contributed by atoms with E-state index in [1.165, 1.54) is 14.2 Å². The normalized spacial score (nSPS) is 11.8. The molecule has 0 aliphatic rings. The number of hydrogen-bond acceptors (Lipinski definition) is 7. The van der Waals surface area contributed by atoms with Crippen LogP contribution in [0.4, 0.5) is 10.5 Å². The van der Waals surface area contributed by atoms with Gasteiger partial charge >= 0.3 is 12.1 Å². The van der Waals surface area contributed by atoms with Crippen LogP contribution >= 0.6 is 0 Å². The van der Waals surface area contributed by atoms with Gasteiger partial charge in [0.15, 0.2) is 5.78 Å². The standard InChI is InChI=1S/C29H32N2O6/c1-18-10-12-19(13-11-18)26(32)23(16-20-8-7-9-24(30-20)27(33)36-6)22-15-14-21(35-5)17-25(22)31-28(34)37-29(2,3)4/h7-15,17,23H,16H2,1-6H3,(H,31,34). The summed E-state index contributed by atoms with van der Waals surface area (Å²) in [5.41, 5.74) is 2.43. The largest absolute Gasteiger partial charge is 0.497 e.